The Balaban J connectivity index is 0.00000300. The first kappa shape index (κ1) is 22.9. The fourth-order valence-electron chi connectivity index (χ4n) is 3.53. The second-order valence-corrected chi connectivity index (χ2v) is 6.89. The van der Waals surface area contributed by atoms with Gasteiger partial charge >= 0.3 is 6.61 Å². The fourth-order valence-corrected chi connectivity index (χ4v) is 3.53. The molecule has 1 aliphatic rings. The van der Waals surface area contributed by atoms with Gasteiger partial charge in [-0.3, -0.25) is 4.79 Å². The zero-order valence-electron chi connectivity index (χ0n) is 16.2. The molecule has 1 aliphatic heterocycles. The highest BCUT2D eigenvalue weighted by Gasteiger charge is 2.25. The monoisotopic (exact) mass is 425 g/mol. The predicted octanol–water partition coefficient (Wildman–Crippen LogP) is 4.53. The van der Waals surface area contributed by atoms with Crippen molar-refractivity contribution < 1.29 is 18.3 Å². The molecule has 0 bridgehead atoms. The average Bonchev–Trinajstić information content (AvgIpc) is 2.69. The molecule has 1 heterocycles. The zero-order valence-corrected chi connectivity index (χ0v) is 17.1. The lowest BCUT2D eigenvalue weighted by molar-refractivity contribution is -0.0498. The van der Waals surface area contributed by atoms with Crippen LogP contribution in [0.5, 0.6) is 5.75 Å². The molecule has 1 unspecified atom stereocenters. The number of para-hydroxylation sites is 1. The van der Waals surface area contributed by atoms with Gasteiger partial charge in [0.25, 0.3) is 5.91 Å². The summed E-state index contributed by atoms with van der Waals surface area (Å²) in [6.07, 6.45) is 2.12. The minimum absolute atomic E-state index is 0. The first-order valence-electron chi connectivity index (χ1n) is 9.41. The molecule has 1 amide bonds. The van der Waals surface area contributed by atoms with E-state index in [0.717, 1.165) is 32.5 Å². The van der Waals surface area contributed by atoms with Crippen LogP contribution < -0.4 is 15.4 Å². The molecule has 1 fully saturated rings. The number of benzene rings is 2. The topological polar surface area (TPSA) is 53.6 Å². The van der Waals surface area contributed by atoms with Crippen molar-refractivity contribution in [3.8, 4) is 5.75 Å². The summed E-state index contributed by atoms with van der Waals surface area (Å²) in [6, 6.07) is 13.6. The van der Waals surface area contributed by atoms with Crippen molar-refractivity contribution in [3.05, 3.63) is 54.1 Å². The highest BCUT2D eigenvalue weighted by Crippen LogP contribution is 2.26. The molecule has 1 atom stereocenters. The largest absolute Gasteiger partial charge is 0.435 e. The Hall–Kier alpha value is -2.38. The summed E-state index contributed by atoms with van der Waals surface area (Å²) in [5.41, 5.74) is 1.97. The van der Waals surface area contributed by atoms with Crippen LogP contribution >= 0.6 is 12.4 Å². The minimum atomic E-state index is -2.85. The number of rotatable bonds is 7. The van der Waals surface area contributed by atoms with Crippen molar-refractivity contribution in [3.63, 3.8) is 0 Å². The van der Waals surface area contributed by atoms with Crippen molar-refractivity contribution in [1.82, 2.24) is 10.2 Å². The lowest BCUT2D eigenvalue weighted by atomic mass is 9.97. The van der Waals surface area contributed by atoms with Gasteiger partial charge in [-0.15, -0.1) is 12.4 Å². The summed E-state index contributed by atoms with van der Waals surface area (Å²) in [6.45, 7) is -0.453. The molecule has 2 aromatic rings. The van der Waals surface area contributed by atoms with E-state index in [1.165, 1.54) is 12.1 Å². The van der Waals surface area contributed by atoms with E-state index in [1.54, 1.807) is 18.2 Å². The number of hydrogen-bond donors (Lipinski definition) is 2. The second kappa shape index (κ2) is 11.0. The third kappa shape index (κ3) is 6.30. The van der Waals surface area contributed by atoms with Gasteiger partial charge in [0.1, 0.15) is 5.75 Å². The molecule has 1 saturated heterocycles. The summed E-state index contributed by atoms with van der Waals surface area (Å²) in [7, 11) is 1.93. The van der Waals surface area contributed by atoms with Gasteiger partial charge in [0.05, 0.1) is 11.3 Å². The first-order valence-corrected chi connectivity index (χ1v) is 9.41. The van der Waals surface area contributed by atoms with Crippen LogP contribution in [0.2, 0.25) is 0 Å². The van der Waals surface area contributed by atoms with E-state index in [2.05, 4.69) is 15.4 Å². The molecule has 2 aromatic carbocycles. The van der Waals surface area contributed by atoms with E-state index in [0.29, 0.717) is 22.9 Å². The average molecular weight is 426 g/mol. The summed E-state index contributed by atoms with van der Waals surface area (Å²) in [5, 5.41) is 6.40. The molecule has 29 heavy (non-hydrogen) atoms. The SMILES string of the molecule is CNCC1CCCN(C(=O)c2ccccc2Nc2ccc(OC(F)F)cc2)C1.Cl. The number of anilines is 2. The Bertz CT molecular complexity index is 788. The zero-order chi connectivity index (χ0) is 19.9. The van der Waals surface area contributed by atoms with Crippen LogP contribution in [0, 0.1) is 5.92 Å². The summed E-state index contributed by atoms with van der Waals surface area (Å²) in [5.74, 6) is 0.556. The highest BCUT2D eigenvalue weighted by molar-refractivity contribution is 6.00. The molecule has 0 spiro atoms. The lowest BCUT2D eigenvalue weighted by Gasteiger charge is -2.33. The third-order valence-electron chi connectivity index (χ3n) is 4.81. The normalized spacial score (nSPS) is 16.3. The smallest absolute Gasteiger partial charge is 0.387 e. The lowest BCUT2D eigenvalue weighted by Crippen LogP contribution is -2.42. The number of ether oxygens (including phenoxy) is 1. The van der Waals surface area contributed by atoms with Gasteiger partial charge in [0, 0.05) is 18.8 Å². The highest BCUT2D eigenvalue weighted by atomic mass is 35.5. The number of amides is 1. The van der Waals surface area contributed by atoms with E-state index in [9.17, 15) is 13.6 Å². The van der Waals surface area contributed by atoms with Crippen LogP contribution in [-0.2, 0) is 0 Å². The van der Waals surface area contributed by atoms with Crippen molar-refractivity contribution >= 4 is 29.7 Å². The van der Waals surface area contributed by atoms with Crippen molar-refractivity contribution in [2.24, 2.45) is 5.92 Å². The number of alkyl halides is 2. The maximum atomic E-state index is 13.1. The molecule has 0 aromatic heterocycles. The number of piperidine rings is 1. The van der Waals surface area contributed by atoms with Crippen molar-refractivity contribution in [1.29, 1.82) is 0 Å². The second-order valence-electron chi connectivity index (χ2n) is 6.89. The standard InChI is InChI=1S/C21H25F2N3O2.ClH/c1-24-13-15-5-4-12-26(14-15)20(27)18-6-2-3-7-19(18)25-16-8-10-17(11-9-16)28-21(22)23;/h2-3,6-11,15,21,24-25H,4-5,12-14H2,1H3;1H. The Morgan fingerprint density at radius 3 is 2.62 bits per heavy atom. The van der Waals surface area contributed by atoms with Gasteiger partial charge in [0.2, 0.25) is 0 Å². The number of likely N-dealkylation sites (tertiary alicyclic amines) is 1. The molecule has 0 radical (unpaired) electrons. The van der Waals surface area contributed by atoms with Gasteiger partial charge in [-0.05, 0) is 68.8 Å². The molecule has 3 rings (SSSR count). The molecule has 158 valence electrons. The Morgan fingerprint density at radius 1 is 1.21 bits per heavy atom. The van der Waals surface area contributed by atoms with Crippen LogP contribution in [0.25, 0.3) is 0 Å². The summed E-state index contributed by atoms with van der Waals surface area (Å²) < 4.78 is 28.9. The molecule has 0 aliphatic carbocycles. The van der Waals surface area contributed by atoms with Crippen LogP contribution in [0.15, 0.2) is 48.5 Å². The number of carbonyl (C=O) groups is 1. The van der Waals surface area contributed by atoms with Gasteiger partial charge < -0.3 is 20.3 Å². The number of hydrogen-bond acceptors (Lipinski definition) is 4. The predicted molar refractivity (Wildman–Crippen MR) is 113 cm³/mol. The Labute approximate surface area is 175 Å². The molecule has 2 N–H and O–H groups in total. The van der Waals surface area contributed by atoms with E-state index in [-0.39, 0.29) is 24.1 Å². The van der Waals surface area contributed by atoms with E-state index in [4.69, 9.17) is 0 Å². The van der Waals surface area contributed by atoms with E-state index >= 15 is 0 Å². The van der Waals surface area contributed by atoms with Crippen molar-refractivity contribution in [2.45, 2.75) is 19.5 Å². The van der Waals surface area contributed by atoms with Crippen molar-refractivity contribution in [2.75, 3.05) is 32.0 Å². The Kier molecular flexibility index (Phi) is 8.67. The fraction of sp³-hybridized carbons (Fsp3) is 0.381. The number of nitrogens with zero attached hydrogens (tertiary/aromatic N) is 1. The first-order chi connectivity index (χ1) is 13.6. The number of carbonyl (C=O) groups excluding carboxylic acids is 1. The maximum absolute atomic E-state index is 13.1. The molecule has 5 nitrogen and oxygen atoms in total. The Morgan fingerprint density at radius 2 is 1.93 bits per heavy atom. The van der Waals surface area contributed by atoms with Gasteiger partial charge in [0.15, 0.2) is 0 Å². The summed E-state index contributed by atoms with van der Waals surface area (Å²) >= 11 is 0. The van der Waals surface area contributed by atoms with Gasteiger partial charge in [-0.1, -0.05) is 12.1 Å². The molecular weight excluding hydrogens is 400 g/mol. The maximum Gasteiger partial charge on any atom is 0.387 e. The van der Waals surface area contributed by atoms with Gasteiger partial charge in [-0.2, -0.15) is 8.78 Å². The van der Waals surface area contributed by atoms with Gasteiger partial charge in [-0.25, -0.2) is 0 Å². The molecule has 0 saturated carbocycles. The minimum Gasteiger partial charge on any atom is -0.435 e. The molecule has 8 heteroatoms. The van der Waals surface area contributed by atoms with Crippen LogP contribution in [0.1, 0.15) is 23.2 Å². The quantitative estimate of drug-likeness (QED) is 0.684. The summed E-state index contributed by atoms with van der Waals surface area (Å²) in [4.78, 5) is 15.0. The van der Waals surface area contributed by atoms with Crippen LogP contribution in [0.4, 0.5) is 20.2 Å². The number of halogens is 3. The molecular formula is C21H26ClF2N3O2. The van der Waals surface area contributed by atoms with Crippen LogP contribution in [0.3, 0.4) is 0 Å². The third-order valence-corrected chi connectivity index (χ3v) is 4.81. The van der Waals surface area contributed by atoms with Crippen LogP contribution in [-0.4, -0.2) is 44.1 Å². The van der Waals surface area contributed by atoms with E-state index < -0.39 is 6.61 Å². The number of nitrogens with one attached hydrogen (secondary N) is 2. The van der Waals surface area contributed by atoms with E-state index in [1.807, 2.05) is 30.1 Å².